The lowest BCUT2D eigenvalue weighted by molar-refractivity contribution is 0.646. The van der Waals surface area contributed by atoms with E-state index in [4.69, 9.17) is 5.84 Å². The third-order valence-electron chi connectivity index (χ3n) is 3.05. The Balaban J connectivity index is 1.97. The van der Waals surface area contributed by atoms with Crippen LogP contribution in [-0.2, 0) is 12.2 Å². The van der Waals surface area contributed by atoms with Gasteiger partial charge in [0.1, 0.15) is 0 Å². The number of thioether (sulfide) groups is 1. The van der Waals surface area contributed by atoms with E-state index < -0.39 is 0 Å². The van der Waals surface area contributed by atoms with Gasteiger partial charge in [-0.25, -0.2) is 5.43 Å². The predicted octanol–water partition coefficient (Wildman–Crippen LogP) is 3.91. The van der Waals surface area contributed by atoms with Crippen molar-refractivity contribution >= 4 is 50.4 Å². The van der Waals surface area contributed by atoms with Crippen LogP contribution in [0.25, 0.3) is 0 Å². The number of halogens is 1. The van der Waals surface area contributed by atoms with Crippen LogP contribution in [0.15, 0.2) is 21.3 Å². The standard InChI is InChI=1S/C12H13BrN2S3/c13-9-6-17-5-8(9)12(15-14)11-3-7-4-16-2-1-10(7)18-11/h3,5-6,12,15H,1-2,4,14H2. The maximum Gasteiger partial charge on any atom is 0.0821 e. The third kappa shape index (κ3) is 2.42. The van der Waals surface area contributed by atoms with Crippen molar-refractivity contribution in [3.63, 3.8) is 0 Å². The zero-order valence-corrected chi connectivity index (χ0v) is 13.6. The summed E-state index contributed by atoms with van der Waals surface area (Å²) < 4.78 is 1.14. The molecule has 2 aromatic heterocycles. The first-order valence-electron chi connectivity index (χ1n) is 5.66. The second kappa shape index (κ2) is 5.64. The van der Waals surface area contributed by atoms with Crippen LogP contribution in [0, 0.1) is 0 Å². The van der Waals surface area contributed by atoms with E-state index in [1.54, 1.807) is 11.3 Å². The number of hydrogen-bond acceptors (Lipinski definition) is 5. The summed E-state index contributed by atoms with van der Waals surface area (Å²) in [5, 5.41) is 4.26. The molecule has 0 amide bonds. The molecule has 0 saturated carbocycles. The topological polar surface area (TPSA) is 38.0 Å². The maximum absolute atomic E-state index is 5.76. The number of nitrogens with one attached hydrogen (secondary N) is 1. The molecule has 0 spiro atoms. The van der Waals surface area contributed by atoms with E-state index >= 15 is 0 Å². The highest BCUT2D eigenvalue weighted by molar-refractivity contribution is 9.10. The summed E-state index contributed by atoms with van der Waals surface area (Å²) in [4.78, 5) is 2.86. The van der Waals surface area contributed by atoms with E-state index in [-0.39, 0.29) is 6.04 Å². The summed E-state index contributed by atoms with van der Waals surface area (Å²) in [6.45, 7) is 0. The number of hydrogen-bond donors (Lipinski definition) is 2. The van der Waals surface area contributed by atoms with E-state index in [0.29, 0.717) is 0 Å². The highest BCUT2D eigenvalue weighted by atomic mass is 79.9. The van der Waals surface area contributed by atoms with Gasteiger partial charge in [-0.1, -0.05) is 0 Å². The SMILES string of the molecule is NNC(c1cc2c(s1)CCSC2)c1cscc1Br. The lowest BCUT2D eigenvalue weighted by atomic mass is 10.1. The van der Waals surface area contributed by atoms with Crippen molar-refractivity contribution in [3.8, 4) is 0 Å². The van der Waals surface area contributed by atoms with Gasteiger partial charge in [0.15, 0.2) is 0 Å². The number of aryl methyl sites for hydroxylation is 1. The van der Waals surface area contributed by atoms with Crippen LogP contribution < -0.4 is 11.3 Å². The van der Waals surface area contributed by atoms with Gasteiger partial charge in [0.2, 0.25) is 0 Å². The molecule has 0 fully saturated rings. The average molecular weight is 361 g/mol. The van der Waals surface area contributed by atoms with E-state index in [9.17, 15) is 0 Å². The fraction of sp³-hybridized carbons (Fsp3) is 0.333. The largest absolute Gasteiger partial charge is 0.271 e. The van der Waals surface area contributed by atoms with Crippen molar-refractivity contribution in [1.82, 2.24) is 5.43 Å². The first-order valence-corrected chi connectivity index (χ1v) is 9.37. The Bertz CT molecular complexity index is 526. The zero-order chi connectivity index (χ0) is 12.5. The molecular formula is C12H13BrN2S3. The Kier molecular flexibility index (Phi) is 4.12. The zero-order valence-electron chi connectivity index (χ0n) is 9.61. The van der Waals surface area contributed by atoms with Crippen molar-refractivity contribution in [3.05, 3.63) is 42.2 Å². The Morgan fingerprint density at radius 1 is 1.39 bits per heavy atom. The van der Waals surface area contributed by atoms with E-state index in [2.05, 4.69) is 38.2 Å². The Morgan fingerprint density at radius 2 is 2.28 bits per heavy atom. The lowest BCUT2D eigenvalue weighted by Gasteiger charge is -2.13. The van der Waals surface area contributed by atoms with Crippen LogP contribution in [0.2, 0.25) is 0 Å². The van der Waals surface area contributed by atoms with Crippen molar-refractivity contribution in [2.75, 3.05) is 5.75 Å². The lowest BCUT2D eigenvalue weighted by Crippen LogP contribution is -2.28. The minimum Gasteiger partial charge on any atom is -0.271 e. The molecule has 3 N–H and O–H groups in total. The van der Waals surface area contributed by atoms with Gasteiger partial charge in [0.25, 0.3) is 0 Å². The van der Waals surface area contributed by atoms with E-state index in [0.717, 1.165) is 10.2 Å². The third-order valence-corrected chi connectivity index (χ3v) is 7.11. The molecule has 2 nitrogen and oxygen atoms in total. The van der Waals surface area contributed by atoms with Gasteiger partial charge in [0, 0.05) is 30.9 Å². The van der Waals surface area contributed by atoms with Crippen LogP contribution in [-0.4, -0.2) is 5.75 Å². The van der Waals surface area contributed by atoms with Crippen LogP contribution in [0.5, 0.6) is 0 Å². The molecule has 6 heteroatoms. The molecule has 1 atom stereocenters. The van der Waals surface area contributed by atoms with Gasteiger partial charge in [-0.3, -0.25) is 5.84 Å². The second-order valence-corrected chi connectivity index (χ2v) is 8.05. The molecule has 2 aromatic rings. The normalized spacial score (nSPS) is 16.6. The molecule has 1 aliphatic rings. The predicted molar refractivity (Wildman–Crippen MR) is 85.4 cm³/mol. The van der Waals surface area contributed by atoms with Gasteiger partial charge in [-0.05, 0) is 45.1 Å². The molecule has 0 bridgehead atoms. The number of fused-ring (bicyclic) bond motifs is 1. The van der Waals surface area contributed by atoms with Crippen molar-refractivity contribution in [2.24, 2.45) is 5.84 Å². The first kappa shape index (κ1) is 13.1. The highest BCUT2D eigenvalue weighted by Crippen LogP contribution is 2.38. The van der Waals surface area contributed by atoms with Gasteiger partial charge in [-0.2, -0.15) is 23.1 Å². The summed E-state index contributed by atoms with van der Waals surface area (Å²) in [6.07, 6.45) is 1.20. The minimum absolute atomic E-state index is 0.103. The summed E-state index contributed by atoms with van der Waals surface area (Å²) in [5.41, 5.74) is 5.68. The van der Waals surface area contributed by atoms with Crippen LogP contribution in [0.3, 0.4) is 0 Å². The summed E-state index contributed by atoms with van der Waals surface area (Å²) in [7, 11) is 0. The molecule has 96 valence electrons. The molecule has 1 unspecified atom stereocenters. The first-order chi connectivity index (χ1) is 8.79. The van der Waals surface area contributed by atoms with Crippen LogP contribution >= 0.6 is 50.4 Å². The summed E-state index contributed by atoms with van der Waals surface area (Å²) in [5.74, 6) is 8.15. The van der Waals surface area contributed by atoms with Crippen LogP contribution in [0.1, 0.15) is 26.9 Å². The van der Waals surface area contributed by atoms with Crippen LogP contribution in [0.4, 0.5) is 0 Å². The molecule has 18 heavy (non-hydrogen) atoms. The fourth-order valence-electron chi connectivity index (χ4n) is 2.13. The van der Waals surface area contributed by atoms with Crippen molar-refractivity contribution < 1.29 is 0 Å². The Labute approximate surface area is 127 Å². The molecule has 0 saturated heterocycles. The molecule has 0 aliphatic carbocycles. The second-order valence-electron chi connectivity index (χ2n) is 4.17. The molecular weight excluding hydrogens is 348 g/mol. The molecule has 3 rings (SSSR count). The van der Waals surface area contributed by atoms with Gasteiger partial charge in [-0.15, -0.1) is 11.3 Å². The van der Waals surface area contributed by atoms with Crippen molar-refractivity contribution in [1.29, 1.82) is 0 Å². The van der Waals surface area contributed by atoms with E-state index in [1.807, 2.05) is 23.1 Å². The fourth-order valence-corrected chi connectivity index (χ4v) is 6.14. The number of rotatable bonds is 3. The smallest absolute Gasteiger partial charge is 0.0821 e. The number of nitrogens with two attached hydrogens (primary N) is 1. The number of hydrazine groups is 1. The monoisotopic (exact) mass is 360 g/mol. The number of thiophene rings is 2. The van der Waals surface area contributed by atoms with Gasteiger partial charge in [0.05, 0.1) is 6.04 Å². The van der Waals surface area contributed by atoms with E-state index in [1.165, 1.54) is 33.1 Å². The minimum atomic E-state index is 0.103. The summed E-state index contributed by atoms with van der Waals surface area (Å²) in [6, 6.07) is 2.42. The average Bonchev–Trinajstić information content (AvgIpc) is 2.97. The van der Waals surface area contributed by atoms with Gasteiger partial charge >= 0.3 is 0 Å². The molecule has 1 aliphatic heterocycles. The Morgan fingerprint density at radius 3 is 2.94 bits per heavy atom. The Hall–Kier alpha value is 0.150. The summed E-state index contributed by atoms with van der Waals surface area (Å²) >= 11 is 9.21. The molecule has 0 aromatic carbocycles. The molecule has 0 radical (unpaired) electrons. The highest BCUT2D eigenvalue weighted by Gasteiger charge is 2.21. The maximum atomic E-state index is 5.76. The van der Waals surface area contributed by atoms with Crippen molar-refractivity contribution in [2.45, 2.75) is 18.2 Å². The molecule has 3 heterocycles. The van der Waals surface area contributed by atoms with Gasteiger partial charge < -0.3 is 0 Å². The quantitative estimate of drug-likeness (QED) is 0.643.